The highest BCUT2D eigenvalue weighted by atomic mass is 32.1. The van der Waals surface area contributed by atoms with Crippen molar-refractivity contribution in [2.75, 3.05) is 6.54 Å². The number of hydrogen-bond acceptors (Lipinski definition) is 5. The number of hydrogen-bond donors (Lipinski definition) is 3. The minimum Gasteiger partial charge on any atom is -0.369 e. The van der Waals surface area contributed by atoms with Crippen molar-refractivity contribution in [3.05, 3.63) is 82.2 Å². The smallest absolute Gasteiger partial charge is 0.369 e. The van der Waals surface area contributed by atoms with E-state index in [4.69, 9.17) is 17.5 Å². The van der Waals surface area contributed by atoms with Gasteiger partial charge in [0.05, 0.1) is 11.6 Å². The molecule has 3 N–H and O–H groups in total. The summed E-state index contributed by atoms with van der Waals surface area (Å²) < 4.78 is 40.8. The van der Waals surface area contributed by atoms with Crippen LogP contribution >= 0.6 is 23.6 Å². The van der Waals surface area contributed by atoms with Gasteiger partial charge in [-0.15, -0.1) is 11.3 Å². The summed E-state index contributed by atoms with van der Waals surface area (Å²) in [5.41, 5.74) is 1.29. The van der Waals surface area contributed by atoms with Crippen molar-refractivity contribution in [2.45, 2.75) is 25.7 Å². The first-order valence-corrected chi connectivity index (χ1v) is 12.0. The zero-order chi connectivity index (χ0) is 26.3. The Balaban J connectivity index is 1.78. The van der Waals surface area contributed by atoms with Crippen LogP contribution in [0.25, 0.3) is 10.4 Å². The Kier molecular flexibility index (Phi) is 8.79. The van der Waals surface area contributed by atoms with Gasteiger partial charge in [0.15, 0.2) is 0 Å². The van der Waals surface area contributed by atoms with Crippen molar-refractivity contribution < 1.29 is 22.8 Å². The van der Waals surface area contributed by atoms with Gasteiger partial charge in [0.1, 0.15) is 11.5 Å². The van der Waals surface area contributed by atoms with Gasteiger partial charge in [-0.05, 0) is 53.3 Å². The van der Waals surface area contributed by atoms with E-state index >= 15 is 0 Å². The van der Waals surface area contributed by atoms with Crippen LogP contribution in [-0.4, -0.2) is 23.3 Å². The number of amides is 2. The zero-order valence-corrected chi connectivity index (χ0v) is 20.6. The Morgan fingerprint density at radius 2 is 1.81 bits per heavy atom. The zero-order valence-electron chi connectivity index (χ0n) is 19.0. The molecule has 3 rings (SSSR count). The molecule has 0 spiro atoms. The van der Waals surface area contributed by atoms with Gasteiger partial charge in [0.25, 0.3) is 0 Å². The fourth-order valence-corrected chi connectivity index (χ4v) is 4.45. The van der Waals surface area contributed by atoms with E-state index < -0.39 is 29.6 Å². The van der Waals surface area contributed by atoms with Crippen LogP contribution in [-0.2, 0) is 22.3 Å². The van der Waals surface area contributed by atoms with Gasteiger partial charge in [0, 0.05) is 23.0 Å². The standard InChI is InChI=1S/C25H21F3N4O2S2/c1-15(17-11-18(21-7-4-10-36-21)13-19(12-17)25(26,27)28)32-24(35)20-6-3-2-5-16(20)14-31-23(34)22(33)30-9-8-29/h2-7,10-13,15H,9,14H2,1H3,(H,30,33)(H,31,34)(H,32,35). The summed E-state index contributed by atoms with van der Waals surface area (Å²) in [6, 6.07) is 15.5. The first-order valence-electron chi connectivity index (χ1n) is 10.7. The molecule has 0 aliphatic rings. The number of carbonyl (C=O) groups excluding carboxylic acids is 2. The number of thiophene rings is 1. The Morgan fingerprint density at radius 3 is 2.47 bits per heavy atom. The molecule has 6 nitrogen and oxygen atoms in total. The molecule has 0 bridgehead atoms. The molecule has 3 aromatic rings. The molecule has 1 atom stereocenters. The number of nitrogens with zero attached hydrogens (tertiary/aromatic N) is 1. The number of benzene rings is 2. The van der Waals surface area contributed by atoms with Gasteiger partial charge >= 0.3 is 18.0 Å². The molecule has 2 amide bonds. The van der Waals surface area contributed by atoms with Crippen LogP contribution in [0.3, 0.4) is 0 Å². The molecule has 0 radical (unpaired) electrons. The summed E-state index contributed by atoms with van der Waals surface area (Å²) in [6.45, 7) is 1.40. The van der Waals surface area contributed by atoms with E-state index in [1.807, 2.05) is 0 Å². The molecular formula is C25H21F3N4O2S2. The van der Waals surface area contributed by atoms with Crippen molar-refractivity contribution in [3.8, 4) is 16.5 Å². The molecule has 0 fully saturated rings. The summed E-state index contributed by atoms with van der Waals surface area (Å²) in [6.07, 6.45) is -4.51. The van der Waals surface area contributed by atoms with Crippen LogP contribution in [0.4, 0.5) is 13.2 Å². The third kappa shape index (κ3) is 6.90. The highest BCUT2D eigenvalue weighted by Crippen LogP contribution is 2.36. The van der Waals surface area contributed by atoms with Crippen molar-refractivity contribution in [1.29, 1.82) is 5.26 Å². The number of alkyl halides is 3. The molecule has 1 unspecified atom stereocenters. The van der Waals surface area contributed by atoms with E-state index in [0.29, 0.717) is 22.3 Å². The molecule has 1 heterocycles. The number of nitrogens with one attached hydrogen (secondary N) is 3. The van der Waals surface area contributed by atoms with E-state index in [1.165, 1.54) is 11.3 Å². The van der Waals surface area contributed by atoms with Crippen molar-refractivity contribution in [2.24, 2.45) is 0 Å². The second-order valence-corrected chi connectivity index (χ2v) is 9.05. The third-order valence-corrected chi connectivity index (χ3v) is 6.43. The van der Waals surface area contributed by atoms with Gasteiger partial charge in [-0.3, -0.25) is 9.59 Å². The number of halogens is 3. The Labute approximate surface area is 215 Å². The highest BCUT2D eigenvalue weighted by molar-refractivity contribution is 7.80. The van der Waals surface area contributed by atoms with E-state index in [9.17, 15) is 22.8 Å². The normalized spacial score (nSPS) is 11.8. The summed E-state index contributed by atoms with van der Waals surface area (Å²) in [4.78, 5) is 24.6. The summed E-state index contributed by atoms with van der Waals surface area (Å²) in [5.74, 6) is -1.84. The lowest BCUT2D eigenvalue weighted by Crippen LogP contribution is -2.40. The predicted molar refractivity (Wildman–Crippen MR) is 135 cm³/mol. The van der Waals surface area contributed by atoms with Crippen molar-refractivity contribution in [3.63, 3.8) is 0 Å². The van der Waals surface area contributed by atoms with Crippen molar-refractivity contribution >= 4 is 40.4 Å². The molecule has 0 aliphatic carbocycles. The molecule has 1 aromatic heterocycles. The number of nitriles is 1. The van der Waals surface area contributed by atoms with E-state index in [0.717, 1.165) is 17.0 Å². The molecule has 0 saturated heterocycles. The fourth-order valence-electron chi connectivity index (χ4n) is 3.36. The van der Waals surface area contributed by atoms with Crippen molar-refractivity contribution in [1.82, 2.24) is 16.0 Å². The molecule has 0 saturated carbocycles. The quantitative estimate of drug-likeness (QED) is 0.234. The molecule has 2 aromatic carbocycles. The lowest BCUT2D eigenvalue weighted by Gasteiger charge is -2.20. The summed E-state index contributed by atoms with van der Waals surface area (Å²) in [7, 11) is 0. The minimum atomic E-state index is -4.51. The maximum atomic E-state index is 13.6. The van der Waals surface area contributed by atoms with Crippen LogP contribution in [0.5, 0.6) is 0 Å². The molecule has 11 heteroatoms. The lowest BCUT2D eigenvalue weighted by molar-refractivity contribution is -0.139. The van der Waals surface area contributed by atoms with Crippen LogP contribution in [0.2, 0.25) is 0 Å². The molecular weight excluding hydrogens is 509 g/mol. The van der Waals surface area contributed by atoms with Gasteiger partial charge in [-0.1, -0.05) is 42.5 Å². The predicted octanol–water partition coefficient (Wildman–Crippen LogP) is 4.72. The fraction of sp³-hybridized carbons (Fsp3) is 0.200. The first-order chi connectivity index (χ1) is 17.1. The van der Waals surface area contributed by atoms with E-state index in [-0.39, 0.29) is 18.1 Å². The molecule has 186 valence electrons. The van der Waals surface area contributed by atoms with Gasteiger partial charge in [0.2, 0.25) is 0 Å². The lowest BCUT2D eigenvalue weighted by atomic mass is 9.99. The Morgan fingerprint density at radius 1 is 1.08 bits per heavy atom. The summed E-state index contributed by atoms with van der Waals surface area (Å²) in [5, 5.41) is 18.0. The third-order valence-electron chi connectivity index (χ3n) is 5.17. The average Bonchev–Trinajstić information content (AvgIpc) is 3.40. The summed E-state index contributed by atoms with van der Waals surface area (Å²) >= 11 is 6.88. The first kappa shape index (κ1) is 26.8. The number of rotatable bonds is 7. The highest BCUT2D eigenvalue weighted by Gasteiger charge is 2.32. The van der Waals surface area contributed by atoms with Crippen LogP contribution < -0.4 is 16.0 Å². The Hall–Kier alpha value is -3.75. The maximum absolute atomic E-state index is 13.6. The SMILES string of the molecule is CC(NC(=S)c1ccccc1CNC(=O)C(=O)NCC#N)c1cc(-c2cccs2)cc(C(F)(F)F)c1. The van der Waals surface area contributed by atoms with Crippen LogP contribution in [0.1, 0.15) is 35.2 Å². The topological polar surface area (TPSA) is 94.0 Å². The second-order valence-electron chi connectivity index (χ2n) is 7.69. The van der Waals surface area contributed by atoms with Gasteiger partial charge in [-0.2, -0.15) is 18.4 Å². The maximum Gasteiger partial charge on any atom is 0.416 e. The van der Waals surface area contributed by atoms with E-state index in [1.54, 1.807) is 60.8 Å². The van der Waals surface area contributed by atoms with Crippen LogP contribution in [0.15, 0.2) is 60.0 Å². The monoisotopic (exact) mass is 530 g/mol. The largest absolute Gasteiger partial charge is 0.416 e. The van der Waals surface area contributed by atoms with E-state index in [2.05, 4.69) is 16.0 Å². The molecule has 0 aliphatic heterocycles. The Bertz CT molecular complexity index is 1300. The molecule has 36 heavy (non-hydrogen) atoms. The number of thiocarbonyl (C=S) groups is 1. The van der Waals surface area contributed by atoms with Gasteiger partial charge < -0.3 is 16.0 Å². The van der Waals surface area contributed by atoms with Crippen LogP contribution in [0, 0.1) is 11.3 Å². The van der Waals surface area contributed by atoms with Gasteiger partial charge in [-0.25, -0.2) is 0 Å². The minimum absolute atomic E-state index is 0.0166. The average molecular weight is 531 g/mol. The number of carbonyl (C=O) groups is 2. The second kappa shape index (κ2) is 11.8.